The minimum Gasteiger partial charge on any atom is -0.480 e. The van der Waals surface area contributed by atoms with Crippen molar-refractivity contribution >= 4 is 47.0 Å². The number of amides is 1. The summed E-state index contributed by atoms with van der Waals surface area (Å²) in [6.07, 6.45) is 10.8. The summed E-state index contributed by atoms with van der Waals surface area (Å²) in [6.45, 7) is 0. The van der Waals surface area contributed by atoms with Gasteiger partial charge in [0.15, 0.2) is 0 Å². The fourth-order valence-electron chi connectivity index (χ4n) is 4.51. The summed E-state index contributed by atoms with van der Waals surface area (Å²) < 4.78 is 0. The third kappa shape index (κ3) is 7.57. The molecular weight excluding hydrogens is 509 g/mol. The van der Waals surface area contributed by atoms with Gasteiger partial charge in [0.05, 0.1) is 15.6 Å². The van der Waals surface area contributed by atoms with Gasteiger partial charge in [0.2, 0.25) is 0 Å². The van der Waals surface area contributed by atoms with E-state index in [1.165, 1.54) is 12.1 Å². The Balaban J connectivity index is 1.29. The number of aromatic nitrogens is 1. The third-order valence-electron chi connectivity index (χ3n) is 6.56. The number of anilines is 1. The van der Waals surface area contributed by atoms with E-state index >= 15 is 0 Å². The average Bonchev–Trinajstić information content (AvgIpc) is 2.89. The molecule has 1 aliphatic rings. The first-order valence-corrected chi connectivity index (χ1v) is 13.1. The van der Waals surface area contributed by atoms with Gasteiger partial charge in [0.25, 0.3) is 5.91 Å². The summed E-state index contributed by atoms with van der Waals surface area (Å²) in [5.74, 6) is -0.287. The Labute approximate surface area is 226 Å². The summed E-state index contributed by atoms with van der Waals surface area (Å²) in [5.41, 5.74) is 1.92. The monoisotopic (exact) mass is 537 g/mol. The Morgan fingerprint density at radius 1 is 0.973 bits per heavy atom. The number of nitrogens with one attached hydrogen (secondary N) is 2. The molecule has 0 radical (unpaired) electrons. The van der Waals surface area contributed by atoms with E-state index in [4.69, 9.17) is 23.2 Å². The molecule has 1 fully saturated rings. The normalized spacial score (nSPS) is 18.3. The zero-order valence-electron chi connectivity index (χ0n) is 20.2. The van der Waals surface area contributed by atoms with Gasteiger partial charge in [-0.15, -0.1) is 0 Å². The Morgan fingerprint density at radius 2 is 1.68 bits per heavy atom. The van der Waals surface area contributed by atoms with Gasteiger partial charge in [-0.25, -0.2) is 9.78 Å². The molecule has 1 amide bonds. The number of hydrogen-bond acceptors (Lipinski definition) is 4. The molecule has 1 aromatic heterocycles. The van der Waals surface area contributed by atoms with Crippen LogP contribution in [0.3, 0.4) is 0 Å². The van der Waals surface area contributed by atoms with Gasteiger partial charge in [-0.1, -0.05) is 71.8 Å². The van der Waals surface area contributed by atoms with Crippen molar-refractivity contribution in [2.45, 2.75) is 44.2 Å². The van der Waals surface area contributed by atoms with Gasteiger partial charge in [-0.3, -0.25) is 4.79 Å². The summed E-state index contributed by atoms with van der Waals surface area (Å²) in [7, 11) is 0. The van der Waals surface area contributed by atoms with E-state index in [1.807, 2.05) is 42.5 Å². The molecule has 3 aromatic rings. The van der Waals surface area contributed by atoms with Crippen molar-refractivity contribution in [3.63, 3.8) is 0 Å². The quantitative estimate of drug-likeness (QED) is 0.289. The van der Waals surface area contributed by atoms with E-state index in [2.05, 4.69) is 27.8 Å². The Kier molecular flexibility index (Phi) is 9.20. The molecule has 4 rings (SSSR count). The summed E-state index contributed by atoms with van der Waals surface area (Å²) in [4.78, 5) is 28.8. The van der Waals surface area contributed by atoms with Crippen molar-refractivity contribution in [3.05, 3.63) is 99.7 Å². The summed E-state index contributed by atoms with van der Waals surface area (Å²) in [5, 5.41) is 16.0. The highest BCUT2D eigenvalue weighted by atomic mass is 35.5. The maximum absolute atomic E-state index is 12.6. The van der Waals surface area contributed by atoms with Crippen LogP contribution in [-0.4, -0.2) is 34.1 Å². The molecule has 1 heterocycles. The van der Waals surface area contributed by atoms with E-state index in [-0.39, 0.29) is 22.0 Å². The lowest BCUT2D eigenvalue weighted by molar-refractivity contribution is -0.139. The fourth-order valence-corrected chi connectivity index (χ4v) is 5.08. The number of hydrogen-bond donors (Lipinski definition) is 3. The smallest absolute Gasteiger partial charge is 0.326 e. The van der Waals surface area contributed by atoms with Crippen LogP contribution < -0.4 is 10.6 Å². The number of carboxylic acid groups (broad SMARTS) is 1. The van der Waals surface area contributed by atoms with Gasteiger partial charge in [0.1, 0.15) is 11.9 Å². The Hall–Kier alpha value is -3.35. The van der Waals surface area contributed by atoms with E-state index in [1.54, 1.807) is 12.3 Å². The molecule has 1 unspecified atom stereocenters. The van der Waals surface area contributed by atoms with Crippen molar-refractivity contribution in [2.75, 3.05) is 5.32 Å². The molecule has 2 aromatic carbocycles. The number of pyridine rings is 1. The van der Waals surface area contributed by atoms with Crippen LogP contribution in [-0.2, 0) is 11.2 Å². The Bertz CT molecular complexity index is 1220. The molecule has 0 saturated heterocycles. The molecule has 6 nitrogen and oxygen atoms in total. The number of carbonyl (C=O) groups excluding carboxylic acids is 1. The Morgan fingerprint density at radius 3 is 2.30 bits per heavy atom. The highest BCUT2D eigenvalue weighted by molar-refractivity contribution is 6.39. The second kappa shape index (κ2) is 12.7. The van der Waals surface area contributed by atoms with Crippen LogP contribution in [0.2, 0.25) is 10.0 Å². The van der Waals surface area contributed by atoms with Crippen LogP contribution in [0.15, 0.2) is 72.9 Å². The SMILES string of the molecule is O=C(NC(Cc1ccc(/C=C/C2CCC(Nc3ccccn3)CC2)cc1)C(=O)O)c1c(Cl)cccc1Cl. The second-order valence-corrected chi connectivity index (χ2v) is 10.1. The second-order valence-electron chi connectivity index (χ2n) is 9.24. The van der Waals surface area contributed by atoms with Crippen molar-refractivity contribution in [2.24, 2.45) is 5.92 Å². The molecule has 1 atom stereocenters. The van der Waals surface area contributed by atoms with Crippen LogP contribution >= 0.6 is 23.2 Å². The number of carbonyl (C=O) groups is 2. The van der Waals surface area contributed by atoms with Crippen molar-refractivity contribution in [3.8, 4) is 0 Å². The number of aliphatic carboxylic acids is 1. The van der Waals surface area contributed by atoms with Crippen LogP contribution in [0.5, 0.6) is 0 Å². The van der Waals surface area contributed by atoms with E-state index < -0.39 is 17.9 Å². The van der Waals surface area contributed by atoms with Gasteiger partial charge in [-0.2, -0.15) is 0 Å². The first-order chi connectivity index (χ1) is 17.9. The predicted octanol–water partition coefficient (Wildman–Crippen LogP) is 6.50. The standard InChI is InChI=1S/C29H29Cl2N3O3/c30-23-4-3-5-24(31)27(23)28(35)34-25(29(36)37)18-21-11-9-19(10-12-21)7-8-20-13-15-22(16-14-20)33-26-6-1-2-17-32-26/h1-12,17,20,22,25H,13-16,18H2,(H,32,33)(H,34,35)(H,36,37)/b8-7+. The zero-order valence-corrected chi connectivity index (χ0v) is 21.8. The maximum Gasteiger partial charge on any atom is 0.326 e. The molecule has 37 heavy (non-hydrogen) atoms. The minimum atomic E-state index is -1.13. The molecule has 0 spiro atoms. The lowest BCUT2D eigenvalue weighted by Crippen LogP contribution is -2.42. The highest BCUT2D eigenvalue weighted by Gasteiger charge is 2.24. The fraction of sp³-hybridized carbons (Fsp3) is 0.276. The first kappa shape index (κ1) is 26.7. The maximum atomic E-state index is 12.6. The van der Waals surface area contributed by atoms with E-state index in [0.717, 1.165) is 42.6 Å². The minimum absolute atomic E-state index is 0.0686. The lowest BCUT2D eigenvalue weighted by Gasteiger charge is -2.27. The molecule has 0 bridgehead atoms. The average molecular weight is 538 g/mol. The van der Waals surface area contributed by atoms with Gasteiger partial charge in [0, 0.05) is 18.7 Å². The van der Waals surface area contributed by atoms with Crippen molar-refractivity contribution in [1.82, 2.24) is 10.3 Å². The first-order valence-electron chi connectivity index (χ1n) is 12.3. The lowest BCUT2D eigenvalue weighted by atomic mass is 9.85. The molecular formula is C29H29Cl2N3O3. The predicted molar refractivity (Wildman–Crippen MR) is 148 cm³/mol. The number of carboxylic acids is 1. The van der Waals surface area contributed by atoms with Crippen LogP contribution in [0, 0.1) is 5.92 Å². The molecule has 192 valence electrons. The highest BCUT2D eigenvalue weighted by Crippen LogP contribution is 2.28. The van der Waals surface area contributed by atoms with Crippen LogP contribution in [0.25, 0.3) is 6.08 Å². The topological polar surface area (TPSA) is 91.3 Å². The molecule has 1 saturated carbocycles. The van der Waals surface area contributed by atoms with Crippen molar-refractivity contribution in [1.29, 1.82) is 0 Å². The van der Waals surface area contributed by atoms with Crippen LogP contribution in [0.4, 0.5) is 5.82 Å². The van der Waals surface area contributed by atoms with Gasteiger partial charge in [-0.05, 0) is 67.0 Å². The largest absolute Gasteiger partial charge is 0.480 e. The molecule has 1 aliphatic carbocycles. The van der Waals surface area contributed by atoms with Gasteiger partial charge < -0.3 is 15.7 Å². The zero-order chi connectivity index (χ0) is 26.2. The van der Waals surface area contributed by atoms with E-state index in [0.29, 0.717) is 12.0 Å². The van der Waals surface area contributed by atoms with Crippen molar-refractivity contribution < 1.29 is 14.7 Å². The number of rotatable bonds is 9. The summed E-state index contributed by atoms with van der Waals surface area (Å²) in [6, 6.07) is 17.6. The molecule has 3 N–H and O–H groups in total. The van der Waals surface area contributed by atoms with E-state index in [9.17, 15) is 14.7 Å². The third-order valence-corrected chi connectivity index (χ3v) is 7.19. The van der Waals surface area contributed by atoms with Gasteiger partial charge >= 0.3 is 5.97 Å². The van der Waals surface area contributed by atoms with Crippen LogP contribution in [0.1, 0.15) is 47.2 Å². The number of halogens is 2. The number of nitrogens with zero attached hydrogens (tertiary/aromatic N) is 1. The molecule has 0 aliphatic heterocycles. The number of benzene rings is 2. The summed E-state index contributed by atoms with van der Waals surface area (Å²) >= 11 is 12.2. The number of allylic oxidation sites excluding steroid dienone is 1. The molecule has 8 heteroatoms.